The monoisotopic (exact) mass is 363 g/mol. The second-order valence-electron chi connectivity index (χ2n) is 7.50. The molecular formula is C18H33N7O. The van der Waals surface area contributed by atoms with Gasteiger partial charge in [0.25, 0.3) is 0 Å². The fraction of sp³-hybridized carbons (Fsp3) is 0.833. The number of aromatic nitrogens is 3. The van der Waals surface area contributed by atoms with Crippen LogP contribution in [-0.2, 0) is 24.3 Å². The zero-order chi connectivity index (χ0) is 18.5. The normalized spacial score (nSPS) is 20.5. The molecule has 1 unspecified atom stereocenters. The van der Waals surface area contributed by atoms with Crippen molar-refractivity contribution in [1.29, 1.82) is 0 Å². The summed E-state index contributed by atoms with van der Waals surface area (Å²) in [6.07, 6.45) is 4.65. The number of rotatable bonds is 8. The Bertz CT molecular complexity index is 607. The van der Waals surface area contributed by atoms with E-state index in [2.05, 4.69) is 44.5 Å². The molecule has 1 aromatic heterocycles. The second-order valence-corrected chi connectivity index (χ2v) is 7.50. The summed E-state index contributed by atoms with van der Waals surface area (Å²) in [5.74, 6) is 2.68. The van der Waals surface area contributed by atoms with Crippen LogP contribution >= 0.6 is 0 Å². The van der Waals surface area contributed by atoms with Crippen molar-refractivity contribution in [2.24, 2.45) is 4.99 Å². The van der Waals surface area contributed by atoms with Gasteiger partial charge in [0.1, 0.15) is 12.4 Å². The van der Waals surface area contributed by atoms with Crippen molar-refractivity contribution in [2.45, 2.75) is 70.8 Å². The van der Waals surface area contributed by atoms with Crippen molar-refractivity contribution in [3.8, 4) is 0 Å². The summed E-state index contributed by atoms with van der Waals surface area (Å²) < 4.78 is 7.13. The number of hydrogen-bond acceptors (Lipinski definition) is 5. The van der Waals surface area contributed by atoms with Gasteiger partial charge in [0.05, 0.1) is 6.54 Å². The highest BCUT2D eigenvalue weighted by Crippen LogP contribution is 2.27. The molecule has 0 aromatic carbocycles. The van der Waals surface area contributed by atoms with E-state index in [1.54, 1.807) is 7.11 Å². The Morgan fingerprint density at radius 3 is 2.85 bits per heavy atom. The van der Waals surface area contributed by atoms with Crippen molar-refractivity contribution in [3.05, 3.63) is 11.6 Å². The molecule has 2 heterocycles. The van der Waals surface area contributed by atoms with Crippen LogP contribution in [0.1, 0.15) is 44.8 Å². The molecule has 8 nitrogen and oxygen atoms in total. The second kappa shape index (κ2) is 8.81. The average molecular weight is 364 g/mol. The number of nitrogens with one attached hydrogen (secondary N) is 2. The number of ether oxygens (including phenoxy) is 1. The Hall–Kier alpha value is -1.67. The smallest absolute Gasteiger partial charge is 0.191 e. The Morgan fingerprint density at radius 1 is 1.38 bits per heavy atom. The van der Waals surface area contributed by atoms with Crippen LogP contribution in [0.5, 0.6) is 0 Å². The number of hydrogen-bond donors (Lipinski definition) is 2. The van der Waals surface area contributed by atoms with Crippen LogP contribution in [0.25, 0.3) is 0 Å². The molecule has 1 saturated carbocycles. The minimum absolute atomic E-state index is 0.315. The summed E-state index contributed by atoms with van der Waals surface area (Å²) in [6, 6.07) is 1.71. The molecule has 1 fully saturated rings. The van der Waals surface area contributed by atoms with E-state index >= 15 is 0 Å². The van der Waals surface area contributed by atoms with Crippen LogP contribution in [0, 0.1) is 0 Å². The summed E-state index contributed by atoms with van der Waals surface area (Å²) in [6.45, 7) is 7.80. The number of methoxy groups -OCH3 is 1. The van der Waals surface area contributed by atoms with Gasteiger partial charge in [-0.3, -0.25) is 9.89 Å². The minimum atomic E-state index is 0.315. The lowest BCUT2D eigenvalue weighted by Gasteiger charge is -2.28. The fourth-order valence-electron chi connectivity index (χ4n) is 3.63. The minimum Gasteiger partial charge on any atom is -0.377 e. The zero-order valence-electron chi connectivity index (χ0n) is 16.5. The molecule has 1 aromatic rings. The van der Waals surface area contributed by atoms with E-state index in [0.29, 0.717) is 18.7 Å². The van der Waals surface area contributed by atoms with Crippen LogP contribution < -0.4 is 10.6 Å². The number of nitrogens with zero attached hydrogens (tertiary/aromatic N) is 5. The molecule has 0 bridgehead atoms. The van der Waals surface area contributed by atoms with Gasteiger partial charge >= 0.3 is 0 Å². The fourth-order valence-corrected chi connectivity index (χ4v) is 3.63. The number of aliphatic imine (C=N–C) groups is 1. The molecule has 2 N–H and O–H groups in total. The van der Waals surface area contributed by atoms with Gasteiger partial charge in [-0.1, -0.05) is 0 Å². The van der Waals surface area contributed by atoms with Gasteiger partial charge in [0, 0.05) is 51.8 Å². The van der Waals surface area contributed by atoms with Crippen molar-refractivity contribution in [1.82, 2.24) is 30.3 Å². The summed E-state index contributed by atoms with van der Waals surface area (Å²) in [5, 5.41) is 11.5. The number of guanidine groups is 1. The molecule has 26 heavy (non-hydrogen) atoms. The molecule has 8 heteroatoms. The van der Waals surface area contributed by atoms with Gasteiger partial charge in [-0.15, -0.1) is 0 Å². The Kier molecular flexibility index (Phi) is 6.48. The van der Waals surface area contributed by atoms with E-state index < -0.39 is 0 Å². The standard InChI is InChI=1S/C18H33N7O/c1-13(2)24(15-6-7-15)10-9-20-18(19-3)21-14-5-8-17-22-16(12-26-4)23-25(17)11-14/h13-15H,5-12H2,1-4H3,(H2,19,20,21). The first kappa shape index (κ1) is 19.1. The van der Waals surface area contributed by atoms with E-state index in [4.69, 9.17) is 4.74 Å². The molecule has 3 rings (SSSR count). The molecule has 1 atom stereocenters. The Labute approximate surface area is 156 Å². The highest BCUT2D eigenvalue weighted by Gasteiger charge is 2.30. The van der Waals surface area contributed by atoms with E-state index in [-0.39, 0.29) is 0 Å². The summed E-state index contributed by atoms with van der Waals surface area (Å²) in [7, 11) is 3.50. The largest absolute Gasteiger partial charge is 0.377 e. The summed E-state index contributed by atoms with van der Waals surface area (Å²) in [5.41, 5.74) is 0. The number of fused-ring (bicyclic) bond motifs is 1. The molecule has 1 aliphatic carbocycles. The van der Waals surface area contributed by atoms with E-state index in [9.17, 15) is 0 Å². The van der Waals surface area contributed by atoms with E-state index in [1.807, 2.05) is 11.7 Å². The first-order chi connectivity index (χ1) is 12.6. The highest BCUT2D eigenvalue weighted by atomic mass is 16.5. The van der Waals surface area contributed by atoms with E-state index in [1.165, 1.54) is 12.8 Å². The molecule has 146 valence electrons. The quantitative estimate of drug-likeness (QED) is 0.525. The molecule has 2 aliphatic rings. The number of aryl methyl sites for hydroxylation is 1. The van der Waals surface area contributed by atoms with Gasteiger partial charge in [0.15, 0.2) is 11.8 Å². The van der Waals surface area contributed by atoms with Crippen LogP contribution in [0.2, 0.25) is 0 Å². The van der Waals surface area contributed by atoms with E-state index in [0.717, 1.165) is 56.1 Å². The topological polar surface area (TPSA) is 79.6 Å². The Balaban J connectivity index is 1.46. The van der Waals surface area contributed by atoms with Gasteiger partial charge < -0.3 is 15.4 Å². The van der Waals surface area contributed by atoms with Gasteiger partial charge in [0.2, 0.25) is 0 Å². The average Bonchev–Trinajstić information content (AvgIpc) is 3.37. The van der Waals surface area contributed by atoms with Crippen molar-refractivity contribution in [2.75, 3.05) is 27.2 Å². The first-order valence-corrected chi connectivity index (χ1v) is 9.75. The maximum Gasteiger partial charge on any atom is 0.191 e. The Morgan fingerprint density at radius 2 is 2.19 bits per heavy atom. The van der Waals surface area contributed by atoms with Crippen LogP contribution in [0.4, 0.5) is 0 Å². The lowest BCUT2D eigenvalue weighted by atomic mass is 10.1. The van der Waals surface area contributed by atoms with Gasteiger partial charge in [-0.05, 0) is 33.1 Å². The zero-order valence-corrected chi connectivity index (χ0v) is 16.5. The SMILES string of the molecule is CN=C(NCCN(C(C)C)C1CC1)NC1CCc2nc(COC)nn2C1. The predicted octanol–water partition coefficient (Wildman–Crippen LogP) is 0.777. The maximum atomic E-state index is 5.13. The summed E-state index contributed by atoms with van der Waals surface area (Å²) >= 11 is 0. The molecule has 0 saturated heterocycles. The molecule has 0 radical (unpaired) electrons. The highest BCUT2D eigenvalue weighted by molar-refractivity contribution is 5.79. The molecule has 0 spiro atoms. The third-order valence-corrected chi connectivity index (χ3v) is 5.08. The molecule has 0 amide bonds. The summed E-state index contributed by atoms with van der Waals surface area (Å²) in [4.78, 5) is 11.5. The predicted molar refractivity (Wildman–Crippen MR) is 102 cm³/mol. The molecular weight excluding hydrogens is 330 g/mol. The van der Waals surface area contributed by atoms with Gasteiger partial charge in [-0.25, -0.2) is 9.67 Å². The van der Waals surface area contributed by atoms with Gasteiger partial charge in [-0.2, -0.15) is 5.10 Å². The first-order valence-electron chi connectivity index (χ1n) is 9.75. The van der Waals surface area contributed by atoms with Crippen molar-refractivity contribution in [3.63, 3.8) is 0 Å². The van der Waals surface area contributed by atoms with Crippen LogP contribution in [-0.4, -0.2) is 71.0 Å². The van der Waals surface area contributed by atoms with Crippen LogP contribution in [0.3, 0.4) is 0 Å². The third kappa shape index (κ3) is 4.94. The van der Waals surface area contributed by atoms with Crippen molar-refractivity contribution >= 4 is 5.96 Å². The van der Waals surface area contributed by atoms with Crippen molar-refractivity contribution < 1.29 is 4.74 Å². The lowest BCUT2D eigenvalue weighted by Crippen LogP contribution is -2.49. The molecule has 1 aliphatic heterocycles. The maximum absolute atomic E-state index is 5.13. The lowest BCUT2D eigenvalue weighted by molar-refractivity contribution is 0.177. The van der Waals surface area contributed by atoms with Crippen LogP contribution in [0.15, 0.2) is 4.99 Å². The third-order valence-electron chi connectivity index (χ3n) is 5.08.